The minimum absolute atomic E-state index is 0.372. The van der Waals surface area contributed by atoms with Gasteiger partial charge in [-0.1, -0.05) is 36.9 Å². The third kappa shape index (κ3) is 4.67. The Kier molecular flexibility index (Phi) is 6.44. The number of halogens is 1. The number of piperazine rings is 1. The van der Waals surface area contributed by atoms with Crippen LogP contribution < -0.4 is 10.2 Å². The molecule has 2 fully saturated rings. The molecule has 0 aliphatic carbocycles. The molecule has 1 N–H and O–H groups in total. The van der Waals surface area contributed by atoms with Crippen LogP contribution in [0.5, 0.6) is 0 Å². The van der Waals surface area contributed by atoms with Crippen LogP contribution in [0.4, 0.5) is 10.1 Å². The Morgan fingerprint density at radius 2 is 1.94 bits per heavy atom. The van der Waals surface area contributed by atoms with Gasteiger partial charge in [-0.25, -0.2) is 4.39 Å². The number of hydrogen-bond donors (Lipinski definition) is 1. The number of likely N-dealkylation sites (N-methyl/N-ethyl adjacent to an activating group) is 1. The van der Waals surface area contributed by atoms with Crippen molar-refractivity contribution in [3.63, 3.8) is 0 Å². The molecule has 0 saturated carbocycles. The summed E-state index contributed by atoms with van der Waals surface area (Å²) in [6.45, 7) is 12.6. The van der Waals surface area contributed by atoms with Crippen molar-refractivity contribution in [1.29, 1.82) is 0 Å². The third-order valence-corrected chi connectivity index (χ3v) is 7.83. The van der Waals surface area contributed by atoms with Crippen molar-refractivity contribution in [3.8, 4) is 0 Å². The summed E-state index contributed by atoms with van der Waals surface area (Å²) in [6.07, 6.45) is 1.77. The van der Waals surface area contributed by atoms with Crippen LogP contribution >= 0.6 is 0 Å². The van der Waals surface area contributed by atoms with Crippen molar-refractivity contribution in [1.82, 2.24) is 15.1 Å². The molecule has 4 nitrogen and oxygen atoms in total. The highest BCUT2D eigenvalue weighted by molar-refractivity contribution is 5.50. The van der Waals surface area contributed by atoms with Crippen molar-refractivity contribution < 1.29 is 4.39 Å². The van der Waals surface area contributed by atoms with E-state index in [1.54, 1.807) is 0 Å². The van der Waals surface area contributed by atoms with Crippen molar-refractivity contribution in [2.75, 3.05) is 44.7 Å². The highest BCUT2D eigenvalue weighted by Crippen LogP contribution is 2.39. The van der Waals surface area contributed by atoms with Gasteiger partial charge in [0.05, 0.1) is 0 Å². The second-order valence-corrected chi connectivity index (χ2v) is 10.0. The Morgan fingerprint density at radius 3 is 2.73 bits per heavy atom. The van der Waals surface area contributed by atoms with Crippen molar-refractivity contribution in [2.45, 2.75) is 51.0 Å². The van der Waals surface area contributed by atoms with Crippen molar-refractivity contribution in [2.24, 2.45) is 0 Å². The third-order valence-electron chi connectivity index (χ3n) is 7.83. The normalized spacial score (nSPS) is 25.1. The number of piperidine rings is 1. The van der Waals surface area contributed by atoms with Crippen LogP contribution in [0.15, 0.2) is 54.7 Å². The molecule has 33 heavy (non-hydrogen) atoms. The SMILES string of the molecule is C=C1NCCCC1N1Cc2cc(CC(F)c3cccc(N4CCN(C)CC4)c3)ccc2C1C. The van der Waals surface area contributed by atoms with Crippen LogP contribution in [0, 0.1) is 0 Å². The van der Waals surface area contributed by atoms with Crippen LogP contribution in [0.25, 0.3) is 0 Å². The Labute approximate surface area is 198 Å². The molecule has 5 heteroatoms. The molecule has 3 aliphatic heterocycles. The van der Waals surface area contributed by atoms with E-state index in [0.717, 1.165) is 68.2 Å². The predicted octanol–water partition coefficient (Wildman–Crippen LogP) is 4.83. The number of alkyl halides is 1. The van der Waals surface area contributed by atoms with E-state index in [2.05, 4.69) is 70.9 Å². The van der Waals surface area contributed by atoms with Crippen LogP contribution in [-0.4, -0.2) is 55.6 Å². The predicted molar refractivity (Wildman–Crippen MR) is 134 cm³/mol. The number of fused-ring (bicyclic) bond motifs is 1. The van der Waals surface area contributed by atoms with Gasteiger partial charge in [-0.05, 0) is 61.2 Å². The van der Waals surface area contributed by atoms with Crippen LogP contribution in [0.1, 0.15) is 54.2 Å². The Balaban J connectivity index is 1.27. The van der Waals surface area contributed by atoms with Crippen molar-refractivity contribution >= 4 is 5.69 Å². The number of benzene rings is 2. The van der Waals surface area contributed by atoms with E-state index in [-0.39, 0.29) is 0 Å². The number of anilines is 1. The fourth-order valence-corrected chi connectivity index (χ4v) is 5.73. The van der Waals surface area contributed by atoms with Gasteiger partial charge in [0.25, 0.3) is 0 Å². The van der Waals surface area contributed by atoms with Crippen LogP contribution in [0.3, 0.4) is 0 Å². The van der Waals surface area contributed by atoms with Gasteiger partial charge in [-0.15, -0.1) is 0 Å². The summed E-state index contributed by atoms with van der Waals surface area (Å²) in [5.74, 6) is 0. The number of nitrogens with zero attached hydrogens (tertiary/aromatic N) is 3. The van der Waals surface area contributed by atoms with E-state index in [1.807, 2.05) is 12.1 Å². The minimum atomic E-state index is -0.993. The number of hydrogen-bond acceptors (Lipinski definition) is 4. The molecule has 2 aromatic rings. The zero-order valence-electron chi connectivity index (χ0n) is 20.1. The van der Waals surface area contributed by atoms with E-state index < -0.39 is 6.17 Å². The van der Waals surface area contributed by atoms with Crippen LogP contribution in [-0.2, 0) is 13.0 Å². The largest absolute Gasteiger partial charge is 0.388 e. The van der Waals surface area contributed by atoms with Gasteiger partial charge in [0, 0.05) is 69.2 Å². The lowest BCUT2D eigenvalue weighted by Gasteiger charge is -2.36. The summed E-state index contributed by atoms with van der Waals surface area (Å²) in [5.41, 5.74) is 6.88. The maximum atomic E-state index is 15.4. The molecule has 0 bridgehead atoms. The zero-order chi connectivity index (χ0) is 22.9. The molecular formula is C28H37FN4. The summed E-state index contributed by atoms with van der Waals surface area (Å²) in [6, 6.07) is 15.4. The molecular weight excluding hydrogens is 411 g/mol. The quantitative estimate of drug-likeness (QED) is 0.707. The molecule has 3 atom stereocenters. The lowest BCUT2D eigenvalue weighted by atomic mass is 9.97. The lowest BCUT2D eigenvalue weighted by molar-refractivity contribution is 0.155. The topological polar surface area (TPSA) is 21.8 Å². The molecule has 176 valence electrons. The molecule has 0 aromatic heterocycles. The van der Waals surface area contributed by atoms with E-state index in [4.69, 9.17) is 0 Å². The Bertz CT molecular complexity index is 997. The molecule has 2 aromatic carbocycles. The summed E-state index contributed by atoms with van der Waals surface area (Å²) in [5, 5.41) is 3.45. The summed E-state index contributed by atoms with van der Waals surface area (Å²) >= 11 is 0. The molecule has 0 amide bonds. The summed E-state index contributed by atoms with van der Waals surface area (Å²) in [4.78, 5) is 7.26. The van der Waals surface area contributed by atoms with E-state index >= 15 is 4.39 Å². The average Bonchev–Trinajstić information content (AvgIpc) is 3.15. The van der Waals surface area contributed by atoms with Gasteiger partial charge in [0.1, 0.15) is 6.17 Å². The molecule has 3 unspecified atom stereocenters. The molecule has 0 radical (unpaired) electrons. The second-order valence-electron chi connectivity index (χ2n) is 10.0. The second kappa shape index (κ2) is 9.47. The maximum absolute atomic E-state index is 15.4. The first-order valence-electron chi connectivity index (χ1n) is 12.5. The summed E-state index contributed by atoms with van der Waals surface area (Å²) < 4.78 is 15.4. The van der Waals surface area contributed by atoms with Gasteiger partial charge in [0.2, 0.25) is 0 Å². The standard InChI is InChI=1S/C28H37FN4/c1-20-28(8-5-11-30-20)33-19-24-16-22(9-10-26(24)21(33)2)17-27(29)23-6-4-7-25(18-23)32-14-12-31(3)13-15-32/h4,6-7,9-10,16,18,21,27-28,30H,1,5,8,11-15,17,19H2,2-3H3. The first kappa shape index (κ1) is 22.4. The highest BCUT2D eigenvalue weighted by Gasteiger charge is 2.34. The fourth-order valence-electron chi connectivity index (χ4n) is 5.73. The van der Waals surface area contributed by atoms with Gasteiger partial charge in [-0.3, -0.25) is 4.90 Å². The smallest absolute Gasteiger partial charge is 0.129 e. The number of rotatable bonds is 5. The average molecular weight is 449 g/mol. The first-order valence-corrected chi connectivity index (χ1v) is 12.5. The van der Waals surface area contributed by atoms with Crippen LogP contribution in [0.2, 0.25) is 0 Å². The van der Waals surface area contributed by atoms with Gasteiger partial charge >= 0.3 is 0 Å². The molecule has 5 rings (SSSR count). The monoisotopic (exact) mass is 448 g/mol. The van der Waals surface area contributed by atoms with Gasteiger partial charge in [-0.2, -0.15) is 0 Å². The van der Waals surface area contributed by atoms with Crippen molar-refractivity contribution in [3.05, 3.63) is 77.0 Å². The molecule has 2 saturated heterocycles. The minimum Gasteiger partial charge on any atom is -0.388 e. The van der Waals surface area contributed by atoms with E-state index in [0.29, 0.717) is 18.5 Å². The van der Waals surface area contributed by atoms with Gasteiger partial charge < -0.3 is 15.1 Å². The first-order chi connectivity index (χ1) is 16.0. The Hall–Kier alpha value is -2.37. The lowest BCUT2D eigenvalue weighted by Crippen LogP contribution is -2.44. The fraction of sp³-hybridized carbons (Fsp3) is 0.500. The van der Waals surface area contributed by atoms with Gasteiger partial charge in [0.15, 0.2) is 0 Å². The zero-order valence-corrected chi connectivity index (χ0v) is 20.1. The van der Waals surface area contributed by atoms with E-state index in [9.17, 15) is 0 Å². The molecule has 3 aliphatic rings. The molecule has 3 heterocycles. The Morgan fingerprint density at radius 1 is 1.12 bits per heavy atom. The highest BCUT2D eigenvalue weighted by atomic mass is 19.1. The summed E-state index contributed by atoms with van der Waals surface area (Å²) in [7, 11) is 2.16. The molecule has 0 spiro atoms. The number of nitrogens with one attached hydrogen (secondary N) is 1. The maximum Gasteiger partial charge on any atom is 0.129 e. The van der Waals surface area contributed by atoms with E-state index in [1.165, 1.54) is 17.5 Å².